The van der Waals surface area contributed by atoms with Crippen molar-refractivity contribution in [3.63, 3.8) is 0 Å². The van der Waals surface area contributed by atoms with E-state index in [1.807, 2.05) is 39.0 Å². The van der Waals surface area contributed by atoms with Gasteiger partial charge in [0, 0.05) is 26.2 Å². The molecular formula is C17H28N2O2. The van der Waals surface area contributed by atoms with Crippen LogP contribution >= 0.6 is 0 Å². The minimum absolute atomic E-state index is 0.281. The zero-order chi connectivity index (χ0) is 15.9. The molecule has 1 N–H and O–H groups in total. The minimum Gasteiger partial charge on any atom is -0.444 e. The van der Waals surface area contributed by atoms with Crippen LogP contribution in [0.4, 0.5) is 4.79 Å². The van der Waals surface area contributed by atoms with E-state index in [0.717, 1.165) is 13.0 Å². The first kappa shape index (κ1) is 17.5. The summed E-state index contributed by atoms with van der Waals surface area (Å²) in [6.07, 6.45) is 0.734. The molecule has 118 valence electrons. The van der Waals surface area contributed by atoms with E-state index in [1.165, 1.54) is 5.56 Å². The number of benzene rings is 1. The number of carbonyl (C=O) groups excluding carboxylic acids is 1. The van der Waals surface area contributed by atoms with Crippen molar-refractivity contribution in [1.82, 2.24) is 10.2 Å². The van der Waals surface area contributed by atoms with Crippen LogP contribution in [0, 0.1) is 0 Å². The Hall–Kier alpha value is -1.55. The second-order valence-corrected chi connectivity index (χ2v) is 6.23. The molecule has 1 rings (SSSR count). The summed E-state index contributed by atoms with van der Waals surface area (Å²) in [6.45, 7) is 9.14. The number of nitrogens with one attached hydrogen (secondary N) is 1. The summed E-state index contributed by atoms with van der Waals surface area (Å²) in [4.78, 5) is 13.5. The Morgan fingerprint density at radius 1 is 1.29 bits per heavy atom. The molecule has 0 heterocycles. The molecule has 0 saturated heterocycles. The third-order valence-corrected chi connectivity index (χ3v) is 3.15. The van der Waals surface area contributed by atoms with Crippen LogP contribution in [-0.2, 0) is 4.74 Å². The molecule has 0 aliphatic carbocycles. The van der Waals surface area contributed by atoms with Crippen LogP contribution < -0.4 is 5.32 Å². The van der Waals surface area contributed by atoms with Crippen molar-refractivity contribution in [3.05, 3.63) is 35.9 Å². The standard InChI is InChI=1S/C17H28N2O2/c1-6-15(14-10-8-7-9-11-14)18-12-13-19(5)16(20)21-17(2,3)4/h7-11,15,18H,6,12-13H2,1-5H3. The van der Waals surface area contributed by atoms with E-state index < -0.39 is 5.60 Å². The van der Waals surface area contributed by atoms with E-state index >= 15 is 0 Å². The third-order valence-electron chi connectivity index (χ3n) is 3.15. The topological polar surface area (TPSA) is 41.6 Å². The maximum absolute atomic E-state index is 11.8. The van der Waals surface area contributed by atoms with Crippen LogP contribution in [0.1, 0.15) is 45.7 Å². The van der Waals surface area contributed by atoms with Gasteiger partial charge in [-0.3, -0.25) is 0 Å². The van der Waals surface area contributed by atoms with Gasteiger partial charge in [-0.15, -0.1) is 0 Å². The van der Waals surface area contributed by atoms with Gasteiger partial charge < -0.3 is 15.0 Å². The molecule has 0 aliphatic heterocycles. The molecule has 0 aliphatic rings. The molecule has 0 saturated carbocycles. The van der Waals surface area contributed by atoms with Crippen LogP contribution in [0.2, 0.25) is 0 Å². The van der Waals surface area contributed by atoms with Gasteiger partial charge >= 0.3 is 6.09 Å². The number of nitrogens with zero attached hydrogens (tertiary/aromatic N) is 1. The zero-order valence-electron chi connectivity index (χ0n) is 13.8. The largest absolute Gasteiger partial charge is 0.444 e. The summed E-state index contributed by atoms with van der Waals surface area (Å²) < 4.78 is 5.33. The molecule has 0 radical (unpaired) electrons. The Morgan fingerprint density at radius 2 is 1.90 bits per heavy atom. The molecule has 0 spiro atoms. The Morgan fingerprint density at radius 3 is 2.43 bits per heavy atom. The SMILES string of the molecule is CCC(NCCN(C)C(=O)OC(C)(C)C)c1ccccc1. The molecule has 4 nitrogen and oxygen atoms in total. The van der Waals surface area contributed by atoms with Crippen molar-refractivity contribution in [2.24, 2.45) is 0 Å². The van der Waals surface area contributed by atoms with E-state index in [-0.39, 0.29) is 6.09 Å². The maximum Gasteiger partial charge on any atom is 0.410 e. The highest BCUT2D eigenvalue weighted by Gasteiger charge is 2.19. The van der Waals surface area contributed by atoms with Crippen molar-refractivity contribution in [2.75, 3.05) is 20.1 Å². The average Bonchev–Trinajstić information content (AvgIpc) is 2.42. The van der Waals surface area contributed by atoms with Gasteiger partial charge in [-0.1, -0.05) is 37.3 Å². The fraction of sp³-hybridized carbons (Fsp3) is 0.588. The third kappa shape index (κ3) is 6.63. The maximum atomic E-state index is 11.8. The molecule has 1 aromatic rings. The average molecular weight is 292 g/mol. The Labute approximate surface area is 128 Å². The summed E-state index contributed by atoms with van der Waals surface area (Å²) in [5, 5.41) is 3.48. The Bertz CT molecular complexity index is 426. The van der Waals surface area contributed by atoms with Crippen LogP contribution in [0.15, 0.2) is 30.3 Å². The van der Waals surface area contributed by atoms with E-state index in [1.54, 1.807) is 11.9 Å². The molecule has 0 fully saturated rings. The first-order valence-corrected chi connectivity index (χ1v) is 7.56. The van der Waals surface area contributed by atoms with Gasteiger partial charge in [0.15, 0.2) is 0 Å². The molecule has 1 unspecified atom stereocenters. The summed E-state index contributed by atoms with van der Waals surface area (Å²) >= 11 is 0. The number of amides is 1. The molecule has 1 amide bonds. The zero-order valence-corrected chi connectivity index (χ0v) is 13.8. The van der Waals surface area contributed by atoms with Crippen LogP contribution in [0.5, 0.6) is 0 Å². The molecule has 0 aromatic heterocycles. The van der Waals surface area contributed by atoms with E-state index in [4.69, 9.17) is 4.74 Å². The fourth-order valence-electron chi connectivity index (χ4n) is 2.02. The van der Waals surface area contributed by atoms with Crippen molar-refractivity contribution in [2.45, 2.75) is 45.8 Å². The lowest BCUT2D eigenvalue weighted by Crippen LogP contribution is -2.38. The number of carbonyl (C=O) groups is 1. The lowest BCUT2D eigenvalue weighted by Gasteiger charge is -2.25. The van der Waals surface area contributed by atoms with Gasteiger partial charge in [0.25, 0.3) is 0 Å². The van der Waals surface area contributed by atoms with Crippen LogP contribution in [0.25, 0.3) is 0 Å². The number of likely N-dealkylation sites (N-methyl/N-ethyl adjacent to an activating group) is 1. The Balaban J connectivity index is 2.39. The first-order chi connectivity index (χ1) is 9.83. The number of hydrogen-bond donors (Lipinski definition) is 1. The van der Waals surface area contributed by atoms with Crippen LogP contribution in [0.3, 0.4) is 0 Å². The molecule has 21 heavy (non-hydrogen) atoms. The van der Waals surface area contributed by atoms with Gasteiger partial charge in [-0.2, -0.15) is 0 Å². The smallest absolute Gasteiger partial charge is 0.410 e. The van der Waals surface area contributed by atoms with Gasteiger partial charge in [0.05, 0.1) is 0 Å². The van der Waals surface area contributed by atoms with Crippen molar-refractivity contribution >= 4 is 6.09 Å². The predicted octanol–water partition coefficient (Wildman–Crippen LogP) is 3.59. The van der Waals surface area contributed by atoms with Crippen LogP contribution in [-0.4, -0.2) is 36.7 Å². The number of rotatable bonds is 6. The second kappa shape index (κ2) is 8.03. The highest BCUT2D eigenvalue weighted by molar-refractivity contribution is 5.67. The van der Waals surface area contributed by atoms with E-state index in [9.17, 15) is 4.79 Å². The summed E-state index contributed by atoms with van der Waals surface area (Å²) in [5.41, 5.74) is 0.828. The highest BCUT2D eigenvalue weighted by atomic mass is 16.6. The van der Waals surface area contributed by atoms with Gasteiger partial charge in [0.2, 0.25) is 0 Å². The van der Waals surface area contributed by atoms with Gasteiger partial charge in [0.1, 0.15) is 5.60 Å². The molecule has 1 atom stereocenters. The molecule has 0 bridgehead atoms. The predicted molar refractivity (Wildman–Crippen MR) is 86.3 cm³/mol. The van der Waals surface area contributed by atoms with E-state index in [2.05, 4.69) is 24.4 Å². The monoisotopic (exact) mass is 292 g/mol. The summed E-state index contributed by atoms with van der Waals surface area (Å²) in [5.74, 6) is 0. The molecular weight excluding hydrogens is 264 g/mol. The Kier molecular flexibility index (Phi) is 6.69. The summed E-state index contributed by atoms with van der Waals surface area (Å²) in [7, 11) is 1.76. The molecule has 4 heteroatoms. The highest BCUT2D eigenvalue weighted by Crippen LogP contribution is 2.15. The molecule has 1 aromatic carbocycles. The van der Waals surface area contributed by atoms with Crippen molar-refractivity contribution < 1.29 is 9.53 Å². The van der Waals surface area contributed by atoms with Crippen molar-refractivity contribution in [3.8, 4) is 0 Å². The van der Waals surface area contributed by atoms with Gasteiger partial charge in [-0.25, -0.2) is 4.79 Å². The van der Waals surface area contributed by atoms with Gasteiger partial charge in [-0.05, 0) is 32.8 Å². The fourth-order valence-corrected chi connectivity index (χ4v) is 2.02. The minimum atomic E-state index is -0.450. The number of hydrogen-bond acceptors (Lipinski definition) is 3. The lowest BCUT2D eigenvalue weighted by molar-refractivity contribution is 0.0299. The van der Waals surface area contributed by atoms with E-state index in [0.29, 0.717) is 12.6 Å². The first-order valence-electron chi connectivity index (χ1n) is 7.56. The second-order valence-electron chi connectivity index (χ2n) is 6.23. The lowest BCUT2D eigenvalue weighted by atomic mass is 10.0. The quantitative estimate of drug-likeness (QED) is 0.871. The normalized spacial score (nSPS) is 12.8. The van der Waals surface area contributed by atoms with Crippen molar-refractivity contribution in [1.29, 1.82) is 0 Å². The summed E-state index contributed by atoms with van der Waals surface area (Å²) in [6, 6.07) is 10.7. The number of ether oxygens (including phenoxy) is 1.